The minimum Gasteiger partial charge on any atom is -0.324 e. The van der Waals surface area contributed by atoms with Crippen LogP contribution in [-0.2, 0) is 6.18 Å². The van der Waals surface area contributed by atoms with E-state index >= 15 is 0 Å². The molecule has 2 N–H and O–H groups in total. The van der Waals surface area contributed by atoms with Crippen LogP contribution in [0.1, 0.15) is 36.4 Å². The molecule has 6 heteroatoms. The van der Waals surface area contributed by atoms with Crippen molar-refractivity contribution in [2.24, 2.45) is 11.7 Å². The second kappa shape index (κ2) is 5.45. The summed E-state index contributed by atoms with van der Waals surface area (Å²) in [6.45, 7) is 0. The first-order chi connectivity index (χ1) is 7.88. The molecule has 1 aromatic rings. The van der Waals surface area contributed by atoms with Crippen LogP contribution in [-0.4, -0.2) is 0 Å². The summed E-state index contributed by atoms with van der Waals surface area (Å²) < 4.78 is 51.0. The zero-order valence-electron chi connectivity index (χ0n) is 9.51. The summed E-state index contributed by atoms with van der Waals surface area (Å²) in [5, 5.41) is 0. The lowest BCUT2D eigenvalue weighted by Gasteiger charge is -2.18. The van der Waals surface area contributed by atoms with Gasteiger partial charge in [0, 0.05) is 6.04 Å². The highest BCUT2D eigenvalue weighted by Crippen LogP contribution is 2.40. The van der Waals surface area contributed by atoms with Gasteiger partial charge in [0.25, 0.3) is 0 Å². The fraction of sp³-hybridized carbons (Fsp3) is 0.500. The first-order valence-electron chi connectivity index (χ1n) is 5.50. The molecule has 0 unspecified atom stereocenters. The molecular formula is C12H14ClF4N. The molecule has 0 amide bonds. The van der Waals surface area contributed by atoms with Crippen molar-refractivity contribution in [2.75, 3.05) is 0 Å². The monoisotopic (exact) mass is 283 g/mol. The maximum Gasteiger partial charge on any atom is 0.416 e. The van der Waals surface area contributed by atoms with E-state index in [0.717, 1.165) is 25.0 Å². The number of nitrogens with two attached hydrogens (primary N) is 1. The summed E-state index contributed by atoms with van der Waals surface area (Å²) in [5.41, 5.74) is 4.80. The fourth-order valence-corrected chi connectivity index (χ4v) is 1.94. The maximum absolute atomic E-state index is 12.9. The Labute approximate surface area is 109 Å². The van der Waals surface area contributed by atoms with Crippen LogP contribution in [0.3, 0.4) is 0 Å². The minimum atomic E-state index is -4.56. The second-order valence-corrected chi connectivity index (χ2v) is 4.51. The maximum atomic E-state index is 12.9. The molecule has 102 valence electrons. The van der Waals surface area contributed by atoms with Crippen molar-refractivity contribution in [3.8, 4) is 0 Å². The number of hydrogen-bond acceptors (Lipinski definition) is 1. The van der Waals surface area contributed by atoms with Gasteiger partial charge < -0.3 is 5.73 Å². The number of alkyl halides is 3. The summed E-state index contributed by atoms with van der Waals surface area (Å²) in [4.78, 5) is 0. The van der Waals surface area contributed by atoms with Gasteiger partial charge in [-0.15, -0.1) is 12.4 Å². The molecule has 0 bridgehead atoms. The minimum absolute atomic E-state index is 0. The lowest BCUT2D eigenvalue weighted by Crippen LogP contribution is -2.18. The van der Waals surface area contributed by atoms with Crippen LogP contribution in [0.15, 0.2) is 18.2 Å². The summed E-state index contributed by atoms with van der Waals surface area (Å²) in [7, 11) is 0. The van der Waals surface area contributed by atoms with Gasteiger partial charge in [-0.05, 0) is 30.0 Å². The molecule has 1 saturated carbocycles. The van der Waals surface area contributed by atoms with Gasteiger partial charge in [0.15, 0.2) is 0 Å². The molecule has 0 aromatic heterocycles. The molecular weight excluding hydrogens is 270 g/mol. The van der Waals surface area contributed by atoms with E-state index in [9.17, 15) is 17.6 Å². The summed E-state index contributed by atoms with van der Waals surface area (Å²) >= 11 is 0. The van der Waals surface area contributed by atoms with Gasteiger partial charge in [0.1, 0.15) is 5.82 Å². The molecule has 18 heavy (non-hydrogen) atoms. The predicted octanol–water partition coefficient (Wildman–Crippen LogP) is 4.07. The lowest BCUT2D eigenvalue weighted by atomic mass is 9.96. The van der Waals surface area contributed by atoms with E-state index in [1.54, 1.807) is 0 Å². The highest BCUT2D eigenvalue weighted by atomic mass is 35.5. The van der Waals surface area contributed by atoms with Crippen molar-refractivity contribution in [1.29, 1.82) is 0 Å². The SMILES string of the molecule is Cl.N[C@H](CC1CC1)c1ccc(F)cc1C(F)(F)F. The molecule has 0 heterocycles. The number of hydrogen-bond donors (Lipinski definition) is 1. The Hall–Kier alpha value is -0.810. The Kier molecular flexibility index (Phi) is 4.61. The van der Waals surface area contributed by atoms with Crippen LogP contribution < -0.4 is 5.73 Å². The Balaban J connectivity index is 0.00000162. The topological polar surface area (TPSA) is 26.0 Å². The van der Waals surface area contributed by atoms with Gasteiger partial charge in [-0.3, -0.25) is 0 Å². The average Bonchev–Trinajstić information content (AvgIpc) is 3.00. The molecule has 0 spiro atoms. The predicted molar refractivity (Wildman–Crippen MR) is 62.9 cm³/mol. The third-order valence-corrected chi connectivity index (χ3v) is 3.00. The van der Waals surface area contributed by atoms with Crippen molar-refractivity contribution >= 4 is 12.4 Å². The Bertz CT molecular complexity index is 415. The van der Waals surface area contributed by atoms with E-state index in [2.05, 4.69) is 0 Å². The fourth-order valence-electron chi connectivity index (χ4n) is 1.94. The zero-order valence-corrected chi connectivity index (χ0v) is 10.3. The number of rotatable bonds is 3. The van der Waals surface area contributed by atoms with E-state index in [1.807, 2.05) is 0 Å². The quantitative estimate of drug-likeness (QED) is 0.832. The van der Waals surface area contributed by atoms with Crippen LogP contribution in [0.5, 0.6) is 0 Å². The van der Waals surface area contributed by atoms with Gasteiger partial charge in [-0.2, -0.15) is 13.2 Å². The smallest absolute Gasteiger partial charge is 0.324 e. The first-order valence-corrected chi connectivity index (χ1v) is 5.50. The summed E-state index contributed by atoms with van der Waals surface area (Å²) in [6.07, 6.45) is -1.97. The van der Waals surface area contributed by atoms with E-state index in [4.69, 9.17) is 5.73 Å². The molecule has 1 nitrogen and oxygen atoms in total. The van der Waals surface area contributed by atoms with Gasteiger partial charge in [-0.25, -0.2) is 4.39 Å². The molecule has 2 rings (SSSR count). The van der Waals surface area contributed by atoms with Crippen molar-refractivity contribution in [1.82, 2.24) is 0 Å². The van der Waals surface area contributed by atoms with Crippen LogP contribution in [0.25, 0.3) is 0 Å². The van der Waals surface area contributed by atoms with Crippen molar-refractivity contribution < 1.29 is 17.6 Å². The molecule has 0 aliphatic heterocycles. The summed E-state index contributed by atoms with van der Waals surface area (Å²) in [6, 6.07) is 2.02. The van der Waals surface area contributed by atoms with Crippen LogP contribution in [0.4, 0.5) is 17.6 Å². The Morgan fingerprint density at radius 2 is 1.89 bits per heavy atom. The average molecular weight is 284 g/mol. The van der Waals surface area contributed by atoms with Crippen molar-refractivity contribution in [3.63, 3.8) is 0 Å². The third kappa shape index (κ3) is 3.59. The van der Waals surface area contributed by atoms with E-state index in [0.29, 0.717) is 18.4 Å². The lowest BCUT2D eigenvalue weighted by molar-refractivity contribution is -0.138. The van der Waals surface area contributed by atoms with E-state index in [-0.39, 0.29) is 18.0 Å². The molecule has 1 aliphatic rings. The molecule has 1 fully saturated rings. The molecule has 1 aromatic carbocycles. The highest BCUT2D eigenvalue weighted by Gasteiger charge is 2.36. The second-order valence-electron chi connectivity index (χ2n) is 4.51. The number of halogens is 5. The van der Waals surface area contributed by atoms with Crippen molar-refractivity contribution in [2.45, 2.75) is 31.5 Å². The van der Waals surface area contributed by atoms with Gasteiger partial charge >= 0.3 is 6.18 Å². The first kappa shape index (κ1) is 15.2. The molecule has 1 aliphatic carbocycles. The van der Waals surface area contributed by atoms with Crippen molar-refractivity contribution in [3.05, 3.63) is 35.1 Å². The molecule has 0 radical (unpaired) electrons. The summed E-state index contributed by atoms with van der Waals surface area (Å²) in [5.74, 6) is -0.462. The van der Waals surface area contributed by atoms with Crippen LogP contribution >= 0.6 is 12.4 Å². The number of benzene rings is 1. The Morgan fingerprint density at radius 1 is 1.28 bits per heavy atom. The van der Waals surface area contributed by atoms with E-state index < -0.39 is 23.6 Å². The van der Waals surface area contributed by atoms with E-state index in [1.165, 1.54) is 0 Å². The van der Waals surface area contributed by atoms with Gasteiger partial charge in [0.2, 0.25) is 0 Å². The van der Waals surface area contributed by atoms with Crippen LogP contribution in [0.2, 0.25) is 0 Å². The van der Waals surface area contributed by atoms with Crippen LogP contribution in [0, 0.1) is 11.7 Å². The molecule has 1 atom stereocenters. The Morgan fingerprint density at radius 3 is 2.39 bits per heavy atom. The van der Waals surface area contributed by atoms with Gasteiger partial charge in [0.05, 0.1) is 5.56 Å². The largest absolute Gasteiger partial charge is 0.416 e. The molecule has 0 saturated heterocycles. The highest BCUT2D eigenvalue weighted by molar-refractivity contribution is 5.85. The van der Waals surface area contributed by atoms with Gasteiger partial charge in [-0.1, -0.05) is 18.9 Å². The third-order valence-electron chi connectivity index (χ3n) is 3.00. The normalized spacial score (nSPS) is 17.2. The zero-order chi connectivity index (χ0) is 12.6. The standard InChI is InChI=1S/C12H13F4N.ClH/c13-8-3-4-9(10(6-8)12(14,15)16)11(17)5-7-1-2-7;/h3-4,6-7,11H,1-2,5,17H2;1H/t11-;/m1./s1.